The number of carbonyl (C=O) groups is 2. The smallest absolute Gasteiger partial charge is 0.255 e. The number of hydrogen-bond donors (Lipinski definition) is 2. The largest absolute Gasteiger partial charge is 0.366 e. The molecule has 2 heterocycles. The first-order valence-corrected chi connectivity index (χ1v) is 11.1. The van der Waals surface area contributed by atoms with Gasteiger partial charge in [0.2, 0.25) is 5.91 Å². The van der Waals surface area contributed by atoms with Crippen molar-refractivity contribution in [1.29, 1.82) is 0 Å². The maximum Gasteiger partial charge on any atom is 0.255 e. The molecular weight excluding hydrogens is 416 g/mol. The highest BCUT2D eigenvalue weighted by atomic mass is 16.2. The standard InChI is InChI=1S/C25H30N6O2/c1-3-30(4-2)13-6-14-31(23-16-20(24(26)32)17-28-18-23)22-8-5-7-19(15-22)25(33)29-21-9-11-27-12-10-21/h5,7-12,15-18H,3-4,6,13-14H2,1-2H3,(H2,26,32)(H,27,29,33). The van der Waals surface area contributed by atoms with Crippen LogP contribution >= 0.6 is 0 Å². The van der Waals surface area contributed by atoms with Gasteiger partial charge < -0.3 is 20.9 Å². The Morgan fingerprint density at radius 3 is 2.33 bits per heavy atom. The number of pyridine rings is 2. The van der Waals surface area contributed by atoms with Crippen LogP contribution in [0.5, 0.6) is 0 Å². The molecule has 0 saturated carbocycles. The molecule has 0 aliphatic heterocycles. The van der Waals surface area contributed by atoms with Crippen molar-refractivity contribution in [3.63, 3.8) is 0 Å². The Morgan fingerprint density at radius 1 is 0.909 bits per heavy atom. The molecule has 0 spiro atoms. The average Bonchev–Trinajstić information content (AvgIpc) is 2.85. The molecule has 8 heteroatoms. The Bertz CT molecular complexity index is 1070. The molecule has 0 radical (unpaired) electrons. The summed E-state index contributed by atoms with van der Waals surface area (Å²) < 4.78 is 0. The highest BCUT2D eigenvalue weighted by Gasteiger charge is 2.15. The molecule has 172 valence electrons. The van der Waals surface area contributed by atoms with Gasteiger partial charge in [-0.3, -0.25) is 19.6 Å². The zero-order valence-electron chi connectivity index (χ0n) is 19.1. The molecule has 33 heavy (non-hydrogen) atoms. The van der Waals surface area contributed by atoms with Crippen LogP contribution in [0, 0.1) is 0 Å². The molecule has 0 unspecified atom stereocenters. The maximum atomic E-state index is 12.8. The van der Waals surface area contributed by atoms with Crippen molar-refractivity contribution in [2.24, 2.45) is 5.73 Å². The van der Waals surface area contributed by atoms with Crippen molar-refractivity contribution in [2.75, 3.05) is 36.4 Å². The van der Waals surface area contributed by atoms with Crippen LogP contribution in [-0.2, 0) is 0 Å². The van der Waals surface area contributed by atoms with Gasteiger partial charge in [0.15, 0.2) is 0 Å². The first kappa shape index (κ1) is 23.9. The second kappa shape index (κ2) is 11.7. The lowest BCUT2D eigenvalue weighted by Crippen LogP contribution is -2.28. The molecule has 0 aliphatic rings. The minimum Gasteiger partial charge on any atom is -0.366 e. The summed E-state index contributed by atoms with van der Waals surface area (Å²) in [5.74, 6) is -0.743. The van der Waals surface area contributed by atoms with E-state index in [1.807, 2.05) is 18.2 Å². The summed E-state index contributed by atoms with van der Waals surface area (Å²) in [6.07, 6.45) is 7.31. The number of anilines is 3. The number of aromatic nitrogens is 2. The van der Waals surface area contributed by atoms with E-state index in [-0.39, 0.29) is 5.91 Å². The molecule has 3 rings (SSSR count). The first-order chi connectivity index (χ1) is 16.0. The van der Waals surface area contributed by atoms with Crippen LogP contribution in [0.15, 0.2) is 67.3 Å². The van der Waals surface area contributed by atoms with E-state index >= 15 is 0 Å². The van der Waals surface area contributed by atoms with Crippen molar-refractivity contribution < 1.29 is 9.59 Å². The Hall–Kier alpha value is -3.78. The van der Waals surface area contributed by atoms with Gasteiger partial charge in [0.05, 0.1) is 17.4 Å². The van der Waals surface area contributed by atoms with Gasteiger partial charge in [-0.15, -0.1) is 0 Å². The van der Waals surface area contributed by atoms with Crippen LogP contribution in [0.4, 0.5) is 17.1 Å². The second-order valence-corrected chi connectivity index (χ2v) is 7.57. The van der Waals surface area contributed by atoms with Gasteiger partial charge in [-0.1, -0.05) is 19.9 Å². The predicted octanol–water partition coefficient (Wildman–Crippen LogP) is 3.70. The molecule has 0 aliphatic carbocycles. The third-order valence-electron chi connectivity index (χ3n) is 5.43. The lowest BCUT2D eigenvalue weighted by Gasteiger charge is -2.27. The van der Waals surface area contributed by atoms with E-state index in [4.69, 9.17) is 5.73 Å². The van der Waals surface area contributed by atoms with Crippen molar-refractivity contribution >= 4 is 28.9 Å². The first-order valence-electron chi connectivity index (χ1n) is 11.1. The van der Waals surface area contributed by atoms with Crippen molar-refractivity contribution in [3.05, 3.63) is 78.4 Å². The Balaban J connectivity index is 1.87. The summed E-state index contributed by atoms with van der Waals surface area (Å²) in [7, 11) is 0. The molecule has 0 atom stereocenters. The van der Waals surface area contributed by atoms with E-state index in [0.717, 1.165) is 37.4 Å². The summed E-state index contributed by atoms with van der Waals surface area (Å²) in [6.45, 7) is 7.89. The molecule has 2 amide bonds. The molecule has 1 aromatic carbocycles. The number of amides is 2. The van der Waals surface area contributed by atoms with E-state index in [9.17, 15) is 9.59 Å². The number of nitrogens with zero attached hydrogens (tertiary/aromatic N) is 4. The highest BCUT2D eigenvalue weighted by Crippen LogP contribution is 2.27. The second-order valence-electron chi connectivity index (χ2n) is 7.57. The fraction of sp³-hybridized carbons (Fsp3) is 0.280. The van der Waals surface area contributed by atoms with Gasteiger partial charge in [-0.2, -0.15) is 0 Å². The predicted molar refractivity (Wildman–Crippen MR) is 131 cm³/mol. The molecular formula is C25H30N6O2. The summed E-state index contributed by atoms with van der Waals surface area (Å²) >= 11 is 0. The average molecular weight is 447 g/mol. The monoisotopic (exact) mass is 446 g/mol. The minimum atomic E-state index is -0.530. The van der Waals surface area contributed by atoms with Crippen molar-refractivity contribution in [1.82, 2.24) is 14.9 Å². The van der Waals surface area contributed by atoms with Gasteiger partial charge in [-0.05, 0) is 62.5 Å². The molecule has 0 bridgehead atoms. The van der Waals surface area contributed by atoms with Crippen LogP contribution in [0.1, 0.15) is 41.0 Å². The number of carbonyl (C=O) groups excluding carboxylic acids is 2. The van der Waals surface area contributed by atoms with E-state index in [1.165, 1.54) is 6.20 Å². The number of benzene rings is 1. The van der Waals surface area contributed by atoms with Crippen LogP contribution in [-0.4, -0.2) is 52.9 Å². The van der Waals surface area contributed by atoms with E-state index < -0.39 is 5.91 Å². The SMILES string of the molecule is CCN(CC)CCCN(c1cncc(C(N)=O)c1)c1cccc(C(=O)Nc2ccncc2)c1. The normalized spacial score (nSPS) is 10.8. The zero-order valence-corrected chi connectivity index (χ0v) is 19.1. The van der Waals surface area contributed by atoms with Gasteiger partial charge in [-0.25, -0.2) is 0 Å². The molecule has 0 saturated heterocycles. The molecule has 3 N–H and O–H groups in total. The molecule has 0 fully saturated rings. The van der Waals surface area contributed by atoms with Crippen LogP contribution in [0.2, 0.25) is 0 Å². The minimum absolute atomic E-state index is 0.213. The molecule has 2 aromatic heterocycles. The van der Waals surface area contributed by atoms with Gasteiger partial charge in [0, 0.05) is 42.1 Å². The summed E-state index contributed by atoms with van der Waals surface area (Å²) in [5, 5.41) is 2.88. The molecule has 8 nitrogen and oxygen atoms in total. The zero-order chi connectivity index (χ0) is 23.6. The summed E-state index contributed by atoms with van der Waals surface area (Å²) in [4.78, 5) is 37.1. The Morgan fingerprint density at radius 2 is 1.64 bits per heavy atom. The molecule has 3 aromatic rings. The van der Waals surface area contributed by atoms with Crippen molar-refractivity contribution in [3.8, 4) is 0 Å². The summed E-state index contributed by atoms with van der Waals surface area (Å²) in [5.41, 5.74) is 8.60. The lowest BCUT2D eigenvalue weighted by atomic mass is 10.1. The lowest BCUT2D eigenvalue weighted by molar-refractivity contribution is 0.0997. The quantitative estimate of drug-likeness (QED) is 0.465. The van der Waals surface area contributed by atoms with Crippen LogP contribution in [0.25, 0.3) is 0 Å². The third-order valence-corrected chi connectivity index (χ3v) is 5.43. The number of hydrogen-bond acceptors (Lipinski definition) is 6. The van der Waals surface area contributed by atoms with E-state index in [2.05, 4.69) is 38.9 Å². The third kappa shape index (κ3) is 6.60. The number of primary amides is 1. The summed E-state index contributed by atoms with van der Waals surface area (Å²) in [6, 6.07) is 12.6. The Labute approximate surface area is 194 Å². The number of nitrogens with two attached hydrogens (primary N) is 1. The highest BCUT2D eigenvalue weighted by molar-refractivity contribution is 6.04. The topological polar surface area (TPSA) is 104 Å². The fourth-order valence-corrected chi connectivity index (χ4v) is 3.56. The van der Waals surface area contributed by atoms with Gasteiger partial charge in [0.25, 0.3) is 5.91 Å². The van der Waals surface area contributed by atoms with Crippen LogP contribution < -0.4 is 16.0 Å². The number of rotatable bonds is 11. The van der Waals surface area contributed by atoms with Gasteiger partial charge >= 0.3 is 0 Å². The van der Waals surface area contributed by atoms with Crippen molar-refractivity contribution in [2.45, 2.75) is 20.3 Å². The Kier molecular flexibility index (Phi) is 8.49. The van der Waals surface area contributed by atoms with Gasteiger partial charge in [0.1, 0.15) is 0 Å². The van der Waals surface area contributed by atoms with E-state index in [0.29, 0.717) is 23.4 Å². The van der Waals surface area contributed by atoms with Crippen LogP contribution in [0.3, 0.4) is 0 Å². The number of nitrogens with one attached hydrogen (secondary N) is 1. The van der Waals surface area contributed by atoms with E-state index in [1.54, 1.807) is 42.9 Å². The fourth-order valence-electron chi connectivity index (χ4n) is 3.56. The maximum absolute atomic E-state index is 12.8.